The Hall–Kier alpha value is -3.33. The number of ether oxygens (including phenoxy) is 2. The Morgan fingerprint density at radius 2 is 2.00 bits per heavy atom. The zero-order valence-corrected chi connectivity index (χ0v) is 18.2. The average Bonchev–Trinajstić information content (AvgIpc) is 3.37. The molecule has 0 radical (unpaired) electrons. The Morgan fingerprint density at radius 3 is 2.74 bits per heavy atom. The van der Waals surface area contributed by atoms with Crippen molar-refractivity contribution < 1.29 is 27.2 Å². The molecule has 162 valence electrons. The Balaban J connectivity index is 1.78. The number of aromatic nitrogens is 1. The van der Waals surface area contributed by atoms with Crippen LogP contribution in [-0.4, -0.2) is 39.3 Å². The molecule has 1 atom stereocenters. The van der Waals surface area contributed by atoms with E-state index in [-0.39, 0.29) is 34.7 Å². The van der Waals surface area contributed by atoms with Crippen LogP contribution in [-0.2, 0) is 21.2 Å². The second-order valence-corrected chi connectivity index (χ2v) is 8.93. The number of anilines is 1. The van der Waals surface area contributed by atoms with E-state index in [2.05, 4.69) is 5.16 Å². The Morgan fingerprint density at radius 1 is 1.23 bits per heavy atom. The highest BCUT2D eigenvalue weighted by Gasteiger charge is 2.37. The van der Waals surface area contributed by atoms with Gasteiger partial charge in [0.05, 0.1) is 19.4 Å². The van der Waals surface area contributed by atoms with Crippen molar-refractivity contribution in [3.8, 4) is 17.1 Å². The van der Waals surface area contributed by atoms with E-state index in [4.69, 9.17) is 14.0 Å². The van der Waals surface area contributed by atoms with E-state index in [1.165, 1.54) is 23.5 Å². The molecule has 0 fully saturated rings. The van der Waals surface area contributed by atoms with Crippen molar-refractivity contribution in [3.05, 3.63) is 59.8 Å². The molecule has 0 saturated carbocycles. The van der Waals surface area contributed by atoms with Crippen LogP contribution < -0.4 is 9.04 Å². The minimum Gasteiger partial charge on any atom is -0.495 e. The second kappa shape index (κ2) is 8.07. The number of carbonyl (C=O) groups excluding carboxylic acids is 1. The largest absolute Gasteiger partial charge is 0.495 e. The van der Waals surface area contributed by atoms with Crippen LogP contribution in [0.2, 0.25) is 0 Å². The van der Waals surface area contributed by atoms with E-state index < -0.39 is 16.0 Å². The molecule has 1 aromatic heterocycles. The molecule has 2 heterocycles. The third-order valence-electron chi connectivity index (χ3n) is 5.12. The molecular weight excluding hydrogens is 420 g/mol. The second-order valence-electron chi connectivity index (χ2n) is 7.15. The van der Waals surface area contributed by atoms with Crippen molar-refractivity contribution in [2.75, 3.05) is 18.0 Å². The van der Waals surface area contributed by atoms with E-state index in [1.807, 2.05) is 25.1 Å². The van der Waals surface area contributed by atoms with Gasteiger partial charge in [0.25, 0.3) is 10.0 Å². The SMILES string of the molecule is CCOC(=O)c1cc(-c2ccc(OC)c(S(=O)(=O)N3c4ccccc4CC3C)c2)on1. The normalized spacial score (nSPS) is 15.6. The molecule has 8 nitrogen and oxygen atoms in total. The number of hydrogen-bond donors (Lipinski definition) is 0. The molecule has 31 heavy (non-hydrogen) atoms. The molecule has 0 bridgehead atoms. The molecule has 1 aliphatic rings. The number of hydrogen-bond acceptors (Lipinski definition) is 7. The van der Waals surface area contributed by atoms with Crippen LogP contribution >= 0.6 is 0 Å². The van der Waals surface area contributed by atoms with Gasteiger partial charge in [-0.3, -0.25) is 4.31 Å². The van der Waals surface area contributed by atoms with E-state index in [1.54, 1.807) is 25.1 Å². The molecular formula is C22H22N2O6S. The predicted octanol–water partition coefficient (Wildman–Crippen LogP) is 3.67. The van der Waals surface area contributed by atoms with Gasteiger partial charge >= 0.3 is 5.97 Å². The van der Waals surface area contributed by atoms with Gasteiger partial charge in [-0.15, -0.1) is 0 Å². The molecule has 0 saturated heterocycles. The summed E-state index contributed by atoms with van der Waals surface area (Å²) in [5, 5.41) is 3.72. The number of rotatable bonds is 6. The predicted molar refractivity (Wildman–Crippen MR) is 114 cm³/mol. The van der Waals surface area contributed by atoms with Gasteiger partial charge in [0.1, 0.15) is 10.6 Å². The Labute approximate surface area is 180 Å². The summed E-state index contributed by atoms with van der Waals surface area (Å²) in [7, 11) is -2.52. The Kier molecular flexibility index (Phi) is 5.45. The number of carbonyl (C=O) groups is 1. The lowest BCUT2D eigenvalue weighted by atomic mass is 10.1. The van der Waals surface area contributed by atoms with Gasteiger partial charge in [-0.2, -0.15) is 0 Å². The molecule has 1 unspecified atom stereocenters. The number of sulfonamides is 1. The maximum atomic E-state index is 13.7. The first-order chi connectivity index (χ1) is 14.9. The van der Waals surface area contributed by atoms with Crippen LogP contribution in [0.3, 0.4) is 0 Å². The summed E-state index contributed by atoms with van der Waals surface area (Å²) in [6.45, 7) is 3.77. The van der Waals surface area contributed by atoms with Gasteiger partial charge < -0.3 is 14.0 Å². The highest BCUT2D eigenvalue weighted by atomic mass is 32.2. The number of nitrogens with zero attached hydrogens (tertiary/aromatic N) is 2. The maximum absolute atomic E-state index is 13.7. The topological polar surface area (TPSA) is 98.9 Å². The zero-order chi connectivity index (χ0) is 22.2. The number of para-hydroxylation sites is 1. The van der Waals surface area contributed by atoms with Crippen molar-refractivity contribution in [2.45, 2.75) is 31.2 Å². The summed E-state index contributed by atoms with van der Waals surface area (Å²) in [6.07, 6.45) is 0.627. The lowest BCUT2D eigenvalue weighted by molar-refractivity contribution is 0.0514. The molecule has 0 N–H and O–H groups in total. The molecule has 3 aromatic rings. The third-order valence-corrected chi connectivity index (χ3v) is 7.07. The lowest BCUT2D eigenvalue weighted by Crippen LogP contribution is -2.35. The van der Waals surface area contributed by atoms with Gasteiger partial charge in [0.15, 0.2) is 11.5 Å². The lowest BCUT2D eigenvalue weighted by Gasteiger charge is -2.25. The first-order valence-electron chi connectivity index (χ1n) is 9.81. The molecule has 2 aromatic carbocycles. The molecule has 9 heteroatoms. The van der Waals surface area contributed by atoms with E-state index in [9.17, 15) is 13.2 Å². The summed E-state index contributed by atoms with van der Waals surface area (Å²) in [5.41, 5.74) is 2.09. The highest BCUT2D eigenvalue weighted by Crippen LogP contribution is 2.40. The summed E-state index contributed by atoms with van der Waals surface area (Å²) < 4.78 is 44.4. The third kappa shape index (κ3) is 3.65. The summed E-state index contributed by atoms with van der Waals surface area (Å²) in [6, 6.07) is 13.3. The average molecular weight is 442 g/mol. The molecule has 4 rings (SSSR count). The number of esters is 1. The molecule has 0 amide bonds. The highest BCUT2D eigenvalue weighted by molar-refractivity contribution is 7.93. The van der Waals surface area contributed by atoms with Crippen molar-refractivity contribution >= 4 is 21.7 Å². The molecule has 0 spiro atoms. The van der Waals surface area contributed by atoms with Crippen molar-refractivity contribution in [1.29, 1.82) is 0 Å². The molecule has 1 aliphatic heterocycles. The van der Waals surface area contributed by atoms with Crippen LogP contribution in [0.15, 0.2) is 57.9 Å². The minimum atomic E-state index is -3.94. The fourth-order valence-corrected chi connectivity index (χ4v) is 5.63. The van der Waals surface area contributed by atoms with Crippen LogP contribution in [0.25, 0.3) is 11.3 Å². The van der Waals surface area contributed by atoms with Crippen LogP contribution in [0.4, 0.5) is 5.69 Å². The van der Waals surface area contributed by atoms with Gasteiger partial charge in [0, 0.05) is 17.7 Å². The fourth-order valence-electron chi connectivity index (χ4n) is 3.75. The van der Waals surface area contributed by atoms with Gasteiger partial charge in [-0.05, 0) is 50.1 Å². The molecule has 0 aliphatic carbocycles. The van der Waals surface area contributed by atoms with E-state index >= 15 is 0 Å². The summed E-state index contributed by atoms with van der Waals surface area (Å²) in [5.74, 6) is -0.149. The summed E-state index contributed by atoms with van der Waals surface area (Å²) in [4.78, 5) is 11.9. The van der Waals surface area contributed by atoms with Crippen molar-refractivity contribution in [1.82, 2.24) is 5.16 Å². The van der Waals surface area contributed by atoms with Gasteiger partial charge in [-0.25, -0.2) is 13.2 Å². The first kappa shape index (κ1) is 20.9. The smallest absolute Gasteiger partial charge is 0.360 e. The number of fused-ring (bicyclic) bond motifs is 1. The zero-order valence-electron chi connectivity index (χ0n) is 17.4. The minimum absolute atomic E-state index is 0.00476. The number of benzene rings is 2. The van der Waals surface area contributed by atoms with Crippen molar-refractivity contribution in [2.24, 2.45) is 0 Å². The van der Waals surface area contributed by atoms with Crippen LogP contribution in [0, 0.1) is 0 Å². The van der Waals surface area contributed by atoms with Crippen molar-refractivity contribution in [3.63, 3.8) is 0 Å². The number of methoxy groups -OCH3 is 1. The first-order valence-corrected chi connectivity index (χ1v) is 11.3. The standard InChI is InChI=1S/C22H22N2O6S/c1-4-29-22(25)17-13-20(30-23-17)16-9-10-19(28-3)21(12-16)31(26,27)24-14(2)11-15-7-5-6-8-18(15)24/h5-10,12-14H,4,11H2,1-3H3. The quantitative estimate of drug-likeness (QED) is 0.537. The summed E-state index contributed by atoms with van der Waals surface area (Å²) >= 11 is 0. The maximum Gasteiger partial charge on any atom is 0.360 e. The van der Waals surface area contributed by atoms with Gasteiger partial charge in [0.2, 0.25) is 0 Å². The van der Waals surface area contributed by atoms with Crippen LogP contribution in [0.5, 0.6) is 5.75 Å². The fraction of sp³-hybridized carbons (Fsp3) is 0.273. The van der Waals surface area contributed by atoms with Gasteiger partial charge in [-0.1, -0.05) is 23.4 Å². The van der Waals surface area contributed by atoms with Crippen LogP contribution in [0.1, 0.15) is 29.9 Å². The monoisotopic (exact) mass is 442 g/mol. The Bertz CT molecular complexity index is 1230. The van der Waals surface area contributed by atoms with E-state index in [0.717, 1.165) is 5.56 Å². The van der Waals surface area contributed by atoms with E-state index in [0.29, 0.717) is 17.7 Å².